The molecule has 0 aliphatic rings. The van der Waals surface area contributed by atoms with E-state index in [4.69, 9.17) is 0 Å². The zero-order valence-electron chi connectivity index (χ0n) is 11.6. The minimum Gasteiger partial charge on any atom is -0.376 e. The summed E-state index contributed by atoms with van der Waals surface area (Å²) < 4.78 is 0. The third-order valence-electron chi connectivity index (χ3n) is 3.28. The SMILES string of the molecule is Cc1cc(C)c(C)c(NCC(=O)N(C)C)c1C. The van der Waals surface area contributed by atoms with Gasteiger partial charge in [-0.25, -0.2) is 0 Å². The van der Waals surface area contributed by atoms with Gasteiger partial charge in [0.25, 0.3) is 0 Å². The third-order valence-corrected chi connectivity index (χ3v) is 3.28. The Kier molecular flexibility index (Phi) is 4.16. The number of rotatable bonds is 3. The minimum absolute atomic E-state index is 0.0861. The number of benzene rings is 1. The van der Waals surface area contributed by atoms with Gasteiger partial charge >= 0.3 is 0 Å². The summed E-state index contributed by atoms with van der Waals surface area (Å²) in [4.78, 5) is 13.2. The normalized spacial score (nSPS) is 10.2. The highest BCUT2D eigenvalue weighted by atomic mass is 16.2. The molecule has 0 aliphatic heterocycles. The van der Waals surface area contributed by atoms with Crippen molar-refractivity contribution < 1.29 is 4.79 Å². The Morgan fingerprint density at radius 2 is 1.59 bits per heavy atom. The number of likely N-dealkylation sites (N-methyl/N-ethyl adjacent to an activating group) is 1. The molecule has 94 valence electrons. The van der Waals surface area contributed by atoms with Crippen molar-refractivity contribution in [1.29, 1.82) is 0 Å². The highest BCUT2D eigenvalue weighted by molar-refractivity contribution is 5.81. The van der Waals surface area contributed by atoms with E-state index in [1.807, 2.05) is 0 Å². The monoisotopic (exact) mass is 234 g/mol. The van der Waals surface area contributed by atoms with Crippen LogP contribution in [0.1, 0.15) is 22.3 Å². The highest BCUT2D eigenvalue weighted by Crippen LogP contribution is 2.26. The zero-order chi connectivity index (χ0) is 13.2. The number of carbonyl (C=O) groups is 1. The highest BCUT2D eigenvalue weighted by Gasteiger charge is 2.10. The summed E-state index contributed by atoms with van der Waals surface area (Å²) in [5.41, 5.74) is 6.05. The molecule has 0 saturated heterocycles. The Bertz CT molecular complexity index is 410. The molecule has 0 saturated carbocycles. The molecule has 0 unspecified atom stereocenters. The molecule has 3 nitrogen and oxygen atoms in total. The minimum atomic E-state index is 0.0861. The van der Waals surface area contributed by atoms with E-state index in [2.05, 4.69) is 39.1 Å². The maximum Gasteiger partial charge on any atom is 0.241 e. The van der Waals surface area contributed by atoms with E-state index >= 15 is 0 Å². The first kappa shape index (κ1) is 13.6. The molecular weight excluding hydrogens is 212 g/mol. The molecule has 1 aromatic rings. The molecule has 0 heterocycles. The molecule has 0 aromatic heterocycles. The van der Waals surface area contributed by atoms with Crippen LogP contribution in [0.15, 0.2) is 6.07 Å². The standard InChI is InChI=1S/C14H22N2O/c1-9-7-10(2)12(4)14(11(9)3)15-8-13(17)16(5)6/h7,15H,8H2,1-6H3. The zero-order valence-corrected chi connectivity index (χ0v) is 11.6. The summed E-state index contributed by atoms with van der Waals surface area (Å²) >= 11 is 0. The van der Waals surface area contributed by atoms with Crippen molar-refractivity contribution in [2.24, 2.45) is 0 Å². The van der Waals surface area contributed by atoms with Crippen LogP contribution in [0.2, 0.25) is 0 Å². The van der Waals surface area contributed by atoms with Gasteiger partial charge in [-0.1, -0.05) is 6.07 Å². The second-order valence-corrected chi connectivity index (χ2v) is 4.78. The van der Waals surface area contributed by atoms with Gasteiger partial charge < -0.3 is 10.2 Å². The molecule has 0 bridgehead atoms. The molecule has 17 heavy (non-hydrogen) atoms. The molecule has 0 radical (unpaired) electrons. The van der Waals surface area contributed by atoms with E-state index < -0.39 is 0 Å². The second kappa shape index (κ2) is 5.21. The molecule has 0 spiro atoms. The van der Waals surface area contributed by atoms with Gasteiger partial charge in [-0.15, -0.1) is 0 Å². The van der Waals surface area contributed by atoms with Crippen LogP contribution in [-0.2, 0) is 4.79 Å². The predicted molar refractivity (Wildman–Crippen MR) is 72.6 cm³/mol. The summed E-state index contributed by atoms with van der Waals surface area (Å²) in [5.74, 6) is 0.0861. The van der Waals surface area contributed by atoms with Gasteiger partial charge in [0, 0.05) is 19.8 Å². The number of hydrogen-bond donors (Lipinski definition) is 1. The van der Waals surface area contributed by atoms with Crippen molar-refractivity contribution in [2.75, 3.05) is 26.0 Å². The summed E-state index contributed by atoms with van der Waals surface area (Å²) in [7, 11) is 3.54. The number of amides is 1. The molecule has 1 rings (SSSR count). The lowest BCUT2D eigenvalue weighted by atomic mass is 9.99. The van der Waals surface area contributed by atoms with E-state index in [0.717, 1.165) is 5.69 Å². The molecule has 0 fully saturated rings. The number of anilines is 1. The largest absolute Gasteiger partial charge is 0.376 e. The molecule has 1 amide bonds. The van der Waals surface area contributed by atoms with Crippen molar-refractivity contribution in [2.45, 2.75) is 27.7 Å². The van der Waals surface area contributed by atoms with E-state index in [1.54, 1.807) is 19.0 Å². The maximum absolute atomic E-state index is 11.6. The Hall–Kier alpha value is -1.51. The summed E-state index contributed by atoms with van der Waals surface area (Å²) in [6.45, 7) is 8.72. The lowest BCUT2D eigenvalue weighted by Crippen LogP contribution is -2.29. The van der Waals surface area contributed by atoms with E-state index in [0.29, 0.717) is 6.54 Å². The van der Waals surface area contributed by atoms with E-state index in [1.165, 1.54) is 22.3 Å². The van der Waals surface area contributed by atoms with Crippen molar-refractivity contribution in [3.05, 3.63) is 28.3 Å². The first-order valence-electron chi connectivity index (χ1n) is 5.86. The average Bonchev–Trinajstić information content (AvgIpc) is 2.26. The van der Waals surface area contributed by atoms with Crippen LogP contribution in [0.5, 0.6) is 0 Å². The van der Waals surface area contributed by atoms with Crippen LogP contribution in [0.4, 0.5) is 5.69 Å². The van der Waals surface area contributed by atoms with Crippen LogP contribution in [0.3, 0.4) is 0 Å². The lowest BCUT2D eigenvalue weighted by molar-refractivity contribution is -0.126. The van der Waals surface area contributed by atoms with E-state index in [-0.39, 0.29) is 5.91 Å². The van der Waals surface area contributed by atoms with Crippen LogP contribution in [0.25, 0.3) is 0 Å². The van der Waals surface area contributed by atoms with Crippen molar-refractivity contribution in [1.82, 2.24) is 4.90 Å². The first-order valence-corrected chi connectivity index (χ1v) is 5.86. The number of nitrogens with one attached hydrogen (secondary N) is 1. The van der Waals surface area contributed by atoms with Gasteiger partial charge in [0.15, 0.2) is 0 Å². The fraction of sp³-hybridized carbons (Fsp3) is 0.500. The topological polar surface area (TPSA) is 32.3 Å². The summed E-state index contributed by atoms with van der Waals surface area (Å²) in [6.07, 6.45) is 0. The molecule has 1 N–H and O–H groups in total. The Balaban J connectivity index is 2.95. The fourth-order valence-corrected chi connectivity index (χ4v) is 1.80. The van der Waals surface area contributed by atoms with Crippen molar-refractivity contribution in [3.8, 4) is 0 Å². The molecule has 1 aromatic carbocycles. The Morgan fingerprint density at radius 3 is 2.00 bits per heavy atom. The van der Waals surface area contributed by atoms with Crippen molar-refractivity contribution in [3.63, 3.8) is 0 Å². The fourth-order valence-electron chi connectivity index (χ4n) is 1.80. The van der Waals surface area contributed by atoms with Gasteiger partial charge in [-0.3, -0.25) is 4.79 Å². The first-order chi connectivity index (χ1) is 7.84. The van der Waals surface area contributed by atoms with Crippen molar-refractivity contribution >= 4 is 11.6 Å². The van der Waals surface area contributed by atoms with Gasteiger partial charge in [-0.05, 0) is 49.9 Å². The van der Waals surface area contributed by atoms with E-state index in [9.17, 15) is 4.79 Å². The van der Waals surface area contributed by atoms with Crippen LogP contribution < -0.4 is 5.32 Å². The average molecular weight is 234 g/mol. The molecular formula is C14H22N2O. The van der Waals surface area contributed by atoms with Gasteiger partial charge in [0.05, 0.1) is 6.54 Å². The number of hydrogen-bond acceptors (Lipinski definition) is 2. The second-order valence-electron chi connectivity index (χ2n) is 4.78. The third kappa shape index (κ3) is 2.99. The number of carbonyl (C=O) groups excluding carboxylic acids is 1. The van der Waals surface area contributed by atoms with Crippen LogP contribution >= 0.6 is 0 Å². The van der Waals surface area contributed by atoms with Gasteiger partial charge in [-0.2, -0.15) is 0 Å². The molecule has 3 heteroatoms. The molecule has 0 atom stereocenters. The predicted octanol–water partition coefficient (Wildman–Crippen LogP) is 2.42. The van der Waals surface area contributed by atoms with Crippen LogP contribution in [0, 0.1) is 27.7 Å². The quantitative estimate of drug-likeness (QED) is 0.871. The number of nitrogens with zero attached hydrogens (tertiary/aromatic N) is 1. The summed E-state index contributed by atoms with van der Waals surface area (Å²) in [5, 5.41) is 3.25. The Labute approximate surface area is 104 Å². The molecule has 0 aliphatic carbocycles. The summed E-state index contributed by atoms with van der Waals surface area (Å²) in [6, 6.07) is 2.18. The van der Waals surface area contributed by atoms with Gasteiger partial charge in [0.2, 0.25) is 5.91 Å². The van der Waals surface area contributed by atoms with Crippen LogP contribution in [-0.4, -0.2) is 31.4 Å². The number of aryl methyl sites for hydroxylation is 2. The lowest BCUT2D eigenvalue weighted by Gasteiger charge is -2.18. The maximum atomic E-state index is 11.6. The van der Waals surface area contributed by atoms with Gasteiger partial charge in [0.1, 0.15) is 0 Å². The smallest absolute Gasteiger partial charge is 0.241 e. The Morgan fingerprint density at radius 1 is 1.12 bits per heavy atom.